The highest BCUT2D eigenvalue weighted by molar-refractivity contribution is 5.83. The van der Waals surface area contributed by atoms with Gasteiger partial charge in [0.25, 0.3) is 0 Å². The van der Waals surface area contributed by atoms with Crippen molar-refractivity contribution in [2.75, 3.05) is 6.54 Å². The maximum absolute atomic E-state index is 12.0. The number of hydrogen-bond acceptors (Lipinski definition) is 4. The van der Waals surface area contributed by atoms with Crippen LogP contribution in [-0.2, 0) is 11.3 Å². The third kappa shape index (κ3) is 2.95. The quantitative estimate of drug-likeness (QED) is 0.824. The molecule has 3 N–H and O–H groups in total. The number of nitrogens with zero attached hydrogens (tertiary/aromatic N) is 1. The number of amides is 1. The number of nitrogens with one attached hydrogen (secondary N) is 1. The van der Waals surface area contributed by atoms with Gasteiger partial charge in [-0.15, -0.1) is 0 Å². The van der Waals surface area contributed by atoms with Crippen molar-refractivity contribution in [3.05, 3.63) is 54.2 Å². The van der Waals surface area contributed by atoms with Crippen molar-refractivity contribution >= 4 is 5.91 Å². The Morgan fingerprint density at radius 2 is 2.39 bits per heavy atom. The summed E-state index contributed by atoms with van der Waals surface area (Å²) in [6.07, 6.45) is 6.49. The minimum atomic E-state index is -0.375. The van der Waals surface area contributed by atoms with Crippen molar-refractivity contribution in [1.82, 2.24) is 10.3 Å². The van der Waals surface area contributed by atoms with E-state index >= 15 is 0 Å². The standard InChI is InChI=1S/C13H15N3O2/c14-6-12(11-3-5-18-9-11)13(17)16-8-10-2-1-4-15-7-10/h1-5,7,9,12H,6,8,14H2,(H,16,17)/t12-/m0/s1. The molecule has 2 heterocycles. The Hall–Kier alpha value is -2.14. The van der Waals surface area contributed by atoms with Crippen LogP contribution in [0.4, 0.5) is 0 Å². The smallest absolute Gasteiger partial charge is 0.229 e. The van der Waals surface area contributed by atoms with Crippen LogP contribution >= 0.6 is 0 Å². The van der Waals surface area contributed by atoms with E-state index in [1.165, 1.54) is 6.26 Å². The summed E-state index contributed by atoms with van der Waals surface area (Å²) in [5.41, 5.74) is 7.36. The Balaban J connectivity index is 1.95. The summed E-state index contributed by atoms with van der Waals surface area (Å²) in [7, 11) is 0. The summed E-state index contributed by atoms with van der Waals surface area (Å²) >= 11 is 0. The van der Waals surface area contributed by atoms with Gasteiger partial charge in [0.1, 0.15) is 0 Å². The van der Waals surface area contributed by atoms with Crippen LogP contribution in [0.1, 0.15) is 17.0 Å². The predicted octanol–water partition coefficient (Wildman–Crippen LogP) is 1.03. The van der Waals surface area contributed by atoms with E-state index in [2.05, 4.69) is 10.3 Å². The van der Waals surface area contributed by atoms with Gasteiger partial charge in [-0.25, -0.2) is 0 Å². The second-order valence-electron chi connectivity index (χ2n) is 3.92. The van der Waals surface area contributed by atoms with Gasteiger partial charge in [-0.1, -0.05) is 6.07 Å². The fraction of sp³-hybridized carbons (Fsp3) is 0.231. The van der Waals surface area contributed by atoms with Crippen LogP contribution in [0.5, 0.6) is 0 Å². The second kappa shape index (κ2) is 5.97. The average Bonchev–Trinajstić information content (AvgIpc) is 2.92. The molecule has 0 fully saturated rings. The Kier molecular flexibility index (Phi) is 4.09. The molecular weight excluding hydrogens is 230 g/mol. The summed E-state index contributed by atoms with van der Waals surface area (Å²) < 4.78 is 4.96. The molecule has 1 amide bonds. The minimum Gasteiger partial charge on any atom is -0.472 e. The molecule has 0 aliphatic heterocycles. The van der Waals surface area contributed by atoms with Crippen molar-refractivity contribution in [3.8, 4) is 0 Å². The lowest BCUT2D eigenvalue weighted by Gasteiger charge is -2.13. The maximum Gasteiger partial charge on any atom is 0.229 e. The minimum absolute atomic E-state index is 0.109. The Morgan fingerprint density at radius 3 is 3.00 bits per heavy atom. The van der Waals surface area contributed by atoms with Crippen molar-refractivity contribution in [1.29, 1.82) is 0 Å². The van der Waals surface area contributed by atoms with E-state index in [1.54, 1.807) is 24.7 Å². The van der Waals surface area contributed by atoms with Crippen molar-refractivity contribution in [2.45, 2.75) is 12.5 Å². The van der Waals surface area contributed by atoms with Gasteiger partial charge in [0, 0.05) is 31.0 Å². The third-order valence-electron chi connectivity index (χ3n) is 2.69. The number of rotatable bonds is 5. The van der Waals surface area contributed by atoms with Gasteiger partial charge >= 0.3 is 0 Å². The topological polar surface area (TPSA) is 81.2 Å². The van der Waals surface area contributed by atoms with E-state index in [-0.39, 0.29) is 18.4 Å². The first-order valence-electron chi connectivity index (χ1n) is 5.70. The van der Waals surface area contributed by atoms with Gasteiger partial charge < -0.3 is 15.5 Å². The summed E-state index contributed by atoms with van der Waals surface area (Å²) in [6.45, 7) is 0.694. The Bertz CT molecular complexity index is 482. The first kappa shape index (κ1) is 12.3. The van der Waals surface area contributed by atoms with E-state index in [1.807, 2.05) is 12.1 Å². The fourth-order valence-electron chi connectivity index (χ4n) is 1.68. The monoisotopic (exact) mass is 245 g/mol. The highest BCUT2D eigenvalue weighted by atomic mass is 16.3. The largest absolute Gasteiger partial charge is 0.472 e. The molecule has 2 aromatic heterocycles. The lowest BCUT2D eigenvalue weighted by atomic mass is 10.0. The second-order valence-corrected chi connectivity index (χ2v) is 3.92. The average molecular weight is 245 g/mol. The van der Waals surface area contributed by atoms with Crippen molar-refractivity contribution in [2.24, 2.45) is 5.73 Å². The van der Waals surface area contributed by atoms with Crippen molar-refractivity contribution < 1.29 is 9.21 Å². The zero-order chi connectivity index (χ0) is 12.8. The molecule has 5 heteroatoms. The van der Waals surface area contributed by atoms with Crippen LogP contribution in [0, 0.1) is 0 Å². The third-order valence-corrected chi connectivity index (χ3v) is 2.69. The molecule has 2 rings (SSSR count). The van der Waals surface area contributed by atoms with Gasteiger partial charge in [-0.2, -0.15) is 0 Å². The maximum atomic E-state index is 12.0. The molecule has 5 nitrogen and oxygen atoms in total. The zero-order valence-electron chi connectivity index (χ0n) is 9.87. The molecule has 1 atom stereocenters. The Labute approximate surface area is 105 Å². The number of hydrogen-bond donors (Lipinski definition) is 2. The van der Waals surface area contributed by atoms with Gasteiger partial charge in [0.2, 0.25) is 5.91 Å². The van der Waals surface area contributed by atoms with E-state index < -0.39 is 0 Å². The van der Waals surface area contributed by atoms with Crippen LogP contribution in [0.15, 0.2) is 47.5 Å². The highest BCUT2D eigenvalue weighted by Crippen LogP contribution is 2.15. The number of carbonyl (C=O) groups is 1. The molecule has 0 aromatic carbocycles. The first-order chi connectivity index (χ1) is 8.81. The van der Waals surface area contributed by atoms with Gasteiger partial charge in [-0.05, 0) is 17.7 Å². The predicted molar refractivity (Wildman–Crippen MR) is 66.6 cm³/mol. The lowest BCUT2D eigenvalue weighted by molar-refractivity contribution is -0.122. The molecule has 18 heavy (non-hydrogen) atoms. The summed E-state index contributed by atoms with van der Waals surface area (Å²) in [4.78, 5) is 16.0. The van der Waals surface area contributed by atoms with Gasteiger partial charge in [-0.3, -0.25) is 9.78 Å². The highest BCUT2D eigenvalue weighted by Gasteiger charge is 2.19. The SMILES string of the molecule is NC[C@H](C(=O)NCc1cccnc1)c1ccoc1. The molecule has 0 saturated carbocycles. The molecular formula is C13H15N3O2. The number of carbonyl (C=O) groups excluding carboxylic acids is 1. The normalized spacial score (nSPS) is 12.1. The number of aromatic nitrogens is 1. The molecule has 0 bridgehead atoms. The van der Waals surface area contributed by atoms with Crippen LogP contribution in [-0.4, -0.2) is 17.4 Å². The van der Waals surface area contributed by atoms with Crippen LogP contribution < -0.4 is 11.1 Å². The van der Waals surface area contributed by atoms with Gasteiger partial charge in [0.15, 0.2) is 0 Å². The Morgan fingerprint density at radius 1 is 1.50 bits per heavy atom. The number of pyridine rings is 1. The molecule has 0 unspecified atom stereocenters. The fourth-order valence-corrected chi connectivity index (χ4v) is 1.68. The molecule has 94 valence electrons. The van der Waals surface area contributed by atoms with Crippen LogP contribution in [0.25, 0.3) is 0 Å². The summed E-state index contributed by atoms with van der Waals surface area (Å²) in [6, 6.07) is 5.49. The zero-order valence-corrected chi connectivity index (χ0v) is 9.87. The summed E-state index contributed by atoms with van der Waals surface area (Å²) in [5.74, 6) is -0.483. The number of furan rings is 1. The molecule has 0 radical (unpaired) electrons. The molecule has 2 aromatic rings. The van der Waals surface area contributed by atoms with Crippen molar-refractivity contribution in [3.63, 3.8) is 0 Å². The van der Waals surface area contributed by atoms with Crippen LogP contribution in [0.3, 0.4) is 0 Å². The number of nitrogens with two attached hydrogens (primary N) is 1. The lowest BCUT2D eigenvalue weighted by Crippen LogP contribution is -2.32. The first-order valence-corrected chi connectivity index (χ1v) is 5.70. The molecule has 0 aliphatic rings. The molecule has 0 saturated heterocycles. The van der Waals surface area contributed by atoms with E-state index in [9.17, 15) is 4.79 Å². The van der Waals surface area contributed by atoms with E-state index in [0.717, 1.165) is 11.1 Å². The van der Waals surface area contributed by atoms with Gasteiger partial charge in [0.05, 0.1) is 18.4 Å². The summed E-state index contributed by atoms with van der Waals surface area (Å²) in [5, 5.41) is 2.84. The van der Waals surface area contributed by atoms with Crippen LogP contribution in [0.2, 0.25) is 0 Å². The molecule has 0 aliphatic carbocycles. The van der Waals surface area contributed by atoms with E-state index in [4.69, 9.17) is 10.2 Å². The van der Waals surface area contributed by atoms with E-state index in [0.29, 0.717) is 6.54 Å². The molecule has 0 spiro atoms.